The lowest BCUT2D eigenvalue weighted by Crippen LogP contribution is -2.05. The highest BCUT2D eigenvalue weighted by Crippen LogP contribution is 2.40. The van der Waals surface area contributed by atoms with Gasteiger partial charge in [0.25, 0.3) is 0 Å². The third-order valence-corrected chi connectivity index (χ3v) is 4.92. The van der Waals surface area contributed by atoms with Crippen LogP contribution in [0.5, 0.6) is 0 Å². The Kier molecular flexibility index (Phi) is 6.15. The number of hydrogen-bond acceptors (Lipinski definition) is 5. The van der Waals surface area contributed by atoms with Crippen molar-refractivity contribution >= 4 is 36.5 Å². The predicted octanol–water partition coefficient (Wildman–Crippen LogP) is 4.77. The highest BCUT2D eigenvalue weighted by atomic mass is 35.5. The van der Waals surface area contributed by atoms with E-state index in [1.165, 1.54) is 0 Å². The Morgan fingerprint density at radius 2 is 1.57 bits per heavy atom. The van der Waals surface area contributed by atoms with Gasteiger partial charge in [0.05, 0.1) is 17.0 Å². The summed E-state index contributed by atoms with van der Waals surface area (Å²) in [6.45, 7) is 0. The summed E-state index contributed by atoms with van der Waals surface area (Å²) in [7, 11) is 0. The van der Waals surface area contributed by atoms with Crippen LogP contribution in [0.15, 0.2) is 73.1 Å². The molecule has 0 saturated carbocycles. The summed E-state index contributed by atoms with van der Waals surface area (Å²) in [5, 5.41) is 0. The minimum absolute atomic E-state index is 0. The van der Waals surface area contributed by atoms with E-state index >= 15 is 0 Å². The molecular weight excluding hydrogens is 419 g/mol. The van der Waals surface area contributed by atoms with Gasteiger partial charge in [-0.15, -0.1) is 24.8 Å². The number of fused-ring (bicyclic) bond motifs is 3. The SMILES string of the molecule is Cl.Cl.Nc1nc(-c2ccccc2)c2c(n1)-c1cc(Cc3cccnc3)ccc1C2=O. The number of carbonyl (C=O) groups is 1. The first-order valence-electron chi connectivity index (χ1n) is 9.00. The van der Waals surface area contributed by atoms with Gasteiger partial charge < -0.3 is 5.73 Å². The zero-order valence-electron chi connectivity index (χ0n) is 15.8. The molecule has 0 unspecified atom stereocenters. The van der Waals surface area contributed by atoms with E-state index in [2.05, 4.69) is 15.0 Å². The maximum Gasteiger partial charge on any atom is 0.221 e. The molecule has 150 valence electrons. The Bertz CT molecular complexity index is 1210. The number of aromatic nitrogens is 3. The molecule has 2 heterocycles. The number of benzene rings is 2. The molecule has 5 rings (SSSR count). The molecule has 7 heteroatoms. The van der Waals surface area contributed by atoms with Crippen molar-refractivity contribution in [1.82, 2.24) is 15.0 Å². The molecule has 0 fully saturated rings. The first-order chi connectivity index (χ1) is 13.7. The van der Waals surface area contributed by atoms with Crippen LogP contribution in [0.25, 0.3) is 22.5 Å². The van der Waals surface area contributed by atoms with Crippen LogP contribution in [-0.2, 0) is 6.42 Å². The summed E-state index contributed by atoms with van der Waals surface area (Å²) < 4.78 is 0. The monoisotopic (exact) mass is 436 g/mol. The van der Waals surface area contributed by atoms with Crippen molar-refractivity contribution < 1.29 is 4.79 Å². The summed E-state index contributed by atoms with van der Waals surface area (Å²) in [5.74, 6) is 0.104. The van der Waals surface area contributed by atoms with Gasteiger partial charge >= 0.3 is 0 Å². The van der Waals surface area contributed by atoms with E-state index < -0.39 is 0 Å². The Hall–Kier alpha value is -3.28. The molecule has 0 spiro atoms. The molecule has 4 aromatic rings. The van der Waals surface area contributed by atoms with Crippen LogP contribution in [0.4, 0.5) is 5.95 Å². The second-order valence-electron chi connectivity index (χ2n) is 6.77. The summed E-state index contributed by atoms with van der Waals surface area (Å²) in [6, 6.07) is 19.4. The van der Waals surface area contributed by atoms with Crippen LogP contribution in [-0.4, -0.2) is 20.7 Å². The Morgan fingerprint density at radius 3 is 2.30 bits per heavy atom. The summed E-state index contributed by atoms with van der Waals surface area (Å²) >= 11 is 0. The van der Waals surface area contributed by atoms with Crippen molar-refractivity contribution in [2.24, 2.45) is 0 Å². The Labute approximate surface area is 186 Å². The highest BCUT2D eigenvalue weighted by molar-refractivity contribution is 6.23. The number of hydrogen-bond donors (Lipinski definition) is 1. The van der Waals surface area contributed by atoms with Gasteiger partial charge in [-0.25, -0.2) is 9.97 Å². The zero-order chi connectivity index (χ0) is 19.1. The lowest BCUT2D eigenvalue weighted by molar-refractivity contribution is 0.104. The molecule has 0 amide bonds. The second-order valence-corrected chi connectivity index (χ2v) is 6.77. The van der Waals surface area contributed by atoms with Gasteiger partial charge in [-0.05, 0) is 29.7 Å². The molecule has 30 heavy (non-hydrogen) atoms. The van der Waals surface area contributed by atoms with Crippen LogP contribution >= 0.6 is 24.8 Å². The molecule has 0 aliphatic heterocycles. The maximum atomic E-state index is 13.1. The van der Waals surface area contributed by atoms with Gasteiger partial charge in [-0.1, -0.05) is 48.5 Å². The van der Waals surface area contributed by atoms with E-state index in [1.54, 1.807) is 6.20 Å². The Morgan fingerprint density at radius 1 is 0.800 bits per heavy atom. The molecule has 2 aromatic carbocycles. The molecular formula is C23H18Cl2N4O. The number of nitrogens with zero attached hydrogens (tertiary/aromatic N) is 3. The second kappa shape index (κ2) is 8.61. The lowest BCUT2D eigenvalue weighted by atomic mass is 10.0. The van der Waals surface area contributed by atoms with E-state index in [0.29, 0.717) is 22.5 Å². The van der Waals surface area contributed by atoms with Crippen LogP contribution < -0.4 is 5.73 Å². The highest BCUT2D eigenvalue weighted by Gasteiger charge is 2.32. The summed E-state index contributed by atoms with van der Waals surface area (Å²) in [6.07, 6.45) is 4.34. The molecule has 5 nitrogen and oxygen atoms in total. The number of rotatable bonds is 3. The van der Waals surface area contributed by atoms with Crippen molar-refractivity contribution in [3.05, 3.63) is 95.3 Å². The number of pyridine rings is 1. The molecule has 0 radical (unpaired) electrons. The van der Waals surface area contributed by atoms with E-state index in [-0.39, 0.29) is 36.5 Å². The molecule has 1 aliphatic carbocycles. The summed E-state index contributed by atoms with van der Waals surface area (Å²) in [4.78, 5) is 26.1. The van der Waals surface area contributed by atoms with E-state index in [4.69, 9.17) is 5.73 Å². The average Bonchev–Trinajstić information content (AvgIpc) is 3.00. The standard InChI is InChI=1S/C23H16N4O.2ClH/c24-23-26-20(16-6-2-1-3-7-16)19-21(27-23)18-12-14(8-9-17(18)22(19)28)11-15-5-4-10-25-13-15;;/h1-10,12-13H,11H2,(H2,24,26,27);2*1H. The predicted molar refractivity (Wildman–Crippen MR) is 122 cm³/mol. The number of nitrogen functional groups attached to an aromatic ring is 1. The van der Waals surface area contributed by atoms with Crippen molar-refractivity contribution in [1.29, 1.82) is 0 Å². The first-order valence-corrected chi connectivity index (χ1v) is 9.00. The van der Waals surface area contributed by atoms with Crippen molar-refractivity contribution in [2.75, 3.05) is 5.73 Å². The van der Waals surface area contributed by atoms with Gasteiger partial charge in [0.1, 0.15) is 0 Å². The van der Waals surface area contributed by atoms with E-state index in [9.17, 15) is 4.79 Å². The molecule has 2 N–H and O–H groups in total. The molecule has 1 aliphatic rings. The lowest BCUT2D eigenvalue weighted by Gasteiger charge is -2.08. The normalized spacial score (nSPS) is 11.1. The average molecular weight is 437 g/mol. The third kappa shape index (κ3) is 3.65. The van der Waals surface area contributed by atoms with Crippen molar-refractivity contribution in [3.63, 3.8) is 0 Å². The van der Waals surface area contributed by atoms with Crippen LogP contribution in [0.3, 0.4) is 0 Å². The third-order valence-electron chi connectivity index (χ3n) is 4.92. The van der Waals surface area contributed by atoms with E-state index in [0.717, 1.165) is 28.7 Å². The van der Waals surface area contributed by atoms with Crippen molar-refractivity contribution in [2.45, 2.75) is 6.42 Å². The minimum Gasteiger partial charge on any atom is -0.368 e. The maximum absolute atomic E-state index is 13.1. The first kappa shape index (κ1) is 21.4. The fraction of sp³-hybridized carbons (Fsp3) is 0.0435. The zero-order valence-corrected chi connectivity index (χ0v) is 17.4. The summed E-state index contributed by atoms with van der Waals surface area (Å²) in [5.41, 5.74) is 12.2. The number of anilines is 1. The van der Waals surface area contributed by atoms with Gasteiger partial charge in [0.15, 0.2) is 5.78 Å². The van der Waals surface area contributed by atoms with Crippen LogP contribution in [0.2, 0.25) is 0 Å². The fourth-order valence-electron chi connectivity index (χ4n) is 3.66. The molecule has 0 saturated heterocycles. The van der Waals surface area contributed by atoms with Crippen LogP contribution in [0.1, 0.15) is 27.0 Å². The molecule has 0 atom stereocenters. The number of ketones is 1. The topological polar surface area (TPSA) is 81.8 Å². The Balaban J connectivity index is 0.00000128. The van der Waals surface area contributed by atoms with E-state index in [1.807, 2.05) is 66.9 Å². The fourth-order valence-corrected chi connectivity index (χ4v) is 3.66. The quantitative estimate of drug-likeness (QED) is 0.440. The minimum atomic E-state index is -0.0585. The van der Waals surface area contributed by atoms with Gasteiger partial charge in [-0.3, -0.25) is 9.78 Å². The molecule has 2 aromatic heterocycles. The van der Waals surface area contributed by atoms with Crippen LogP contribution in [0, 0.1) is 0 Å². The van der Waals surface area contributed by atoms with Gasteiger partial charge in [0.2, 0.25) is 5.95 Å². The van der Waals surface area contributed by atoms with Gasteiger partial charge in [-0.2, -0.15) is 0 Å². The smallest absolute Gasteiger partial charge is 0.221 e. The number of halogens is 2. The largest absolute Gasteiger partial charge is 0.368 e. The number of nitrogens with two attached hydrogens (primary N) is 1. The van der Waals surface area contributed by atoms with Crippen molar-refractivity contribution in [3.8, 4) is 22.5 Å². The molecule has 0 bridgehead atoms. The van der Waals surface area contributed by atoms with Gasteiger partial charge in [0, 0.05) is 29.1 Å². The number of carbonyl (C=O) groups excluding carboxylic acids is 1.